The fraction of sp³-hybridized carbons (Fsp3) is 0.250. The Morgan fingerprint density at radius 2 is 1.82 bits per heavy atom. The summed E-state index contributed by atoms with van der Waals surface area (Å²) in [6.45, 7) is 6.22. The van der Waals surface area contributed by atoms with Gasteiger partial charge in [-0.15, -0.1) is 0 Å². The van der Waals surface area contributed by atoms with Crippen molar-refractivity contribution < 1.29 is 13.9 Å². The molecule has 5 nitrogen and oxygen atoms in total. The molecule has 204 valence electrons. The molecule has 1 aliphatic carbocycles. The van der Waals surface area contributed by atoms with E-state index in [-0.39, 0.29) is 22.2 Å². The van der Waals surface area contributed by atoms with Crippen molar-refractivity contribution >= 4 is 34.7 Å². The van der Waals surface area contributed by atoms with Gasteiger partial charge in [-0.3, -0.25) is 9.69 Å². The first-order valence-corrected chi connectivity index (χ1v) is 13.8. The van der Waals surface area contributed by atoms with Crippen molar-refractivity contribution in [2.45, 2.75) is 52.6 Å². The zero-order valence-corrected chi connectivity index (χ0v) is 24.0. The minimum absolute atomic E-state index is 0.0285. The standard InChI is InChI=1S/C32H28Cl2FN3O2/c1-17-11-18(2)23(13-20(17)16-40-29-10-7-21(33)12-19(29)3)30-24(15-36)32(37)38(22-8-9-26(35)25(34)14-22)27-5-4-6-28(39)31(27)30/h7-14,30H,4-6,16,37H2,1-3H3. The largest absolute Gasteiger partial charge is 0.489 e. The molecule has 0 fully saturated rings. The fourth-order valence-corrected chi connectivity index (χ4v) is 6.03. The highest BCUT2D eigenvalue weighted by atomic mass is 35.5. The minimum atomic E-state index is -0.628. The van der Waals surface area contributed by atoms with Crippen LogP contribution in [0.25, 0.3) is 0 Å². The number of allylic oxidation sites excluding steroid dienone is 3. The van der Waals surface area contributed by atoms with Crippen molar-refractivity contribution in [3.63, 3.8) is 0 Å². The topological polar surface area (TPSA) is 79.4 Å². The number of nitrogens with zero attached hydrogens (tertiary/aromatic N) is 2. The number of anilines is 1. The number of halogens is 3. The third kappa shape index (κ3) is 4.96. The number of nitrogens with two attached hydrogens (primary N) is 1. The molecular weight excluding hydrogens is 548 g/mol. The molecule has 0 saturated heterocycles. The molecule has 0 saturated carbocycles. The third-order valence-electron chi connectivity index (χ3n) is 7.63. The van der Waals surface area contributed by atoms with E-state index in [2.05, 4.69) is 6.07 Å². The number of Topliss-reactive ketones (excluding diaryl/α,β-unsaturated/α-hetero) is 1. The predicted octanol–water partition coefficient (Wildman–Crippen LogP) is 7.94. The van der Waals surface area contributed by atoms with Crippen molar-refractivity contribution in [2.24, 2.45) is 5.73 Å². The first-order chi connectivity index (χ1) is 19.1. The summed E-state index contributed by atoms with van der Waals surface area (Å²) in [6, 6.07) is 16.1. The van der Waals surface area contributed by atoms with Crippen molar-refractivity contribution in [2.75, 3.05) is 4.90 Å². The molecule has 1 heterocycles. The minimum Gasteiger partial charge on any atom is -0.489 e. The Bertz CT molecular complexity index is 1650. The van der Waals surface area contributed by atoms with Crippen LogP contribution in [0.5, 0.6) is 5.75 Å². The summed E-state index contributed by atoms with van der Waals surface area (Å²) in [7, 11) is 0. The number of ketones is 1. The lowest BCUT2D eigenvalue weighted by atomic mass is 9.74. The zero-order valence-electron chi connectivity index (χ0n) is 22.4. The van der Waals surface area contributed by atoms with Crippen molar-refractivity contribution in [3.8, 4) is 11.8 Å². The molecule has 0 amide bonds. The van der Waals surface area contributed by atoms with Gasteiger partial charge in [-0.05, 0) is 97.8 Å². The second kappa shape index (κ2) is 11.0. The van der Waals surface area contributed by atoms with Gasteiger partial charge in [-0.2, -0.15) is 5.26 Å². The summed E-state index contributed by atoms with van der Waals surface area (Å²) in [5.41, 5.74) is 13.4. The van der Waals surface area contributed by atoms with Gasteiger partial charge in [0.25, 0.3) is 0 Å². The van der Waals surface area contributed by atoms with Crippen LogP contribution < -0.4 is 15.4 Å². The smallest absolute Gasteiger partial charge is 0.161 e. The van der Waals surface area contributed by atoms with E-state index in [9.17, 15) is 14.4 Å². The number of hydrogen-bond donors (Lipinski definition) is 1. The van der Waals surface area contributed by atoms with E-state index >= 15 is 0 Å². The summed E-state index contributed by atoms with van der Waals surface area (Å²) in [5, 5.41) is 11.0. The summed E-state index contributed by atoms with van der Waals surface area (Å²) < 4.78 is 20.1. The number of carbonyl (C=O) groups is 1. The molecule has 0 bridgehead atoms. The molecule has 0 spiro atoms. The maximum atomic E-state index is 14.0. The van der Waals surface area contributed by atoms with Crippen LogP contribution in [0.2, 0.25) is 10.0 Å². The highest BCUT2D eigenvalue weighted by molar-refractivity contribution is 6.31. The lowest BCUT2D eigenvalue weighted by Crippen LogP contribution is -2.39. The Balaban J connectivity index is 1.62. The van der Waals surface area contributed by atoms with Crippen LogP contribution >= 0.6 is 23.2 Å². The van der Waals surface area contributed by atoms with Crippen LogP contribution in [-0.2, 0) is 11.4 Å². The zero-order chi connectivity index (χ0) is 28.7. The van der Waals surface area contributed by atoms with Gasteiger partial charge in [0.15, 0.2) is 5.78 Å². The Labute approximate surface area is 243 Å². The molecule has 1 aliphatic heterocycles. The Morgan fingerprint density at radius 1 is 1.05 bits per heavy atom. The number of rotatable bonds is 5. The van der Waals surface area contributed by atoms with E-state index in [1.54, 1.807) is 17.0 Å². The maximum Gasteiger partial charge on any atom is 0.161 e. The van der Waals surface area contributed by atoms with Gasteiger partial charge in [0.2, 0.25) is 0 Å². The SMILES string of the molecule is Cc1cc(C)c(C2C(C#N)=C(N)N(c3ccc(F)c(Cl)c3)C3=C2C(=O)CCC3)cc1COc1ccc(Cl)cc1C. The quantitative estimate of drug-likeness (QED) is 0.334. The summed E-state index contributed by atoms with van der Waals surface area (Å²) in [4.78, 5) is 15.2. The monoisotopic (exact) mass is 575 g/mol. The molecule has 8 heteroatoms. The van der Waals surface area contributed by atoms with Gasteiger partial charge in [-0.25, -0.2) is 4.39 Å². The third-order valence-corrected chi connectivity index (χ3v) is 8.16. The van der Waals surface area contributed by atoms with Gasteiger partial charge in [-0.1, -0.05) is 35.3 Å². The summed E-state index contributed by atoms with van der Waals surface area (Å²) in [6.07, 6.45) is 1.61. The Hall–Kier alpha value is -3.79. The summed E-state index contributed by atoms with van der Waals surface area (Å²) in [5.74, 6) is -0.281. The number of nitriles is 1. The molecular formula is C32H28Cl2FN3O2. The molecule has 1 atom stereocenters. The van der Waals surface area contributed by atoms with E-state index < -0.39 is 11.7 Å². The maximum absolute atomic E-state index is 14.0. The molecule has 0 aromatic heterocycles. The highest BCUT2D eigenvalue weighted by Crippen LogP contribution is 2.47. The molecule has 1 unspecified atom stereocenters. The van der Waals surface area contributed by atoms with Gasteiger partial charge >= 0.3 is 0 Å². The van der Waals surface area contributed by atoms with Crippen LogP contribution in [0, 0.1) is 37.9 Å². The van der Waals surface area contributed by atoms with Gasteiger partial charge < -0.3 is 10.5 Å². The average molecular weight is 576 g/mol. The van der Waals surface area contributed by atoms with E-state index in [4.69, 9.17) is 33.7 Å². The lowest BCUT2D eigenvalue weighted by molar-refractivity contribution is -0.116. The number of ether oxygens (including phenoxy) is 1. The van der Waals surface area contributed by atoms with E-state index in [0.717, 1.165) is 39.3 Å². The predicted molar refractivity (Wildman–Crippen MR) is 156 cm³/mol. The molecule has 3 aromatic rings. The second-order valence-corrected chi connectivity index (χ2v) is 11.1. The molecule has 2 aliphatic rings. The van der Waals surface area contributed by atoms with Gasteiger partial charge in [0.05, 0.1) is 22.6 Å². The van der Waals surface area contributed by atoms with Gasteiger partial charge in [0, 0.05) is 28.4 Å². The van der Waals surface area contributed by atoms with E-state index in [0.29, 0.717) is 42.2 Å². The van der Waals surface area contributed by atoms with Gasteiger partial charge in [0.1, 0.15) is 24.0 Å². The molecule has 5 rings (SSSR count). The number of aryl methyl sites for hydroxylation is 3. The summed E-state index contributed by atoms with van der Waals surface area (Å²) >= 11 is 12.2. The first-order valence-electron chi connectivity index (χ1n) is 13.0. The van der Waals surface area contributed by atoms with Crippen molar-refractivity contribution in [3.05, 3.63) is 115 Å². The average Bonchev–Trinajstić information content (AvgIpc) is 2.90. The fourth-order valence-electron chi connectivity index (χ4n) is 5.63. The van der Waals surface area contributed by atoms with Crippen molar-refractivity contribution in [1.82, 2.24) is 0 Å². The van der Waals surface area contributed by atoms with Crippen LogP contribution in [0.3, 0.4) is 0 Å². The normalized spacial score (nSPS) is 17.2. The first kappa shape index (κ1) is 27.8. The molecule has 40 heavy (non-hydrogen) atoms. The molecule has 0 radical (unpaired) electrons. The Kier molecular flexibility index (Phi) is 7.63. The van der Waals surface area contributed by atoms with Crippen LogP contribution in [-0.4, -0.2) is 5.78 Å². The highest BCUT2D eigenvalue weighted by Gasteiger charge is 2.41. The van der Waals surface area contributed by atoms with Crippen molar-refractivity contribution in [1.29, 1.82) is 5.26 Å². The second-order valence-electron chi connectivity index (χ2n) is 10.2. The number of carbonyl (C=O) groups excluding carboxylic acids is 1. The van der Waals surface area contributed by atoms with Crippen LogP contribution in [0.4, 0.5) is 10.1 Å². The molecule has 3 aromatic carbocycles. The number of hydrogen-bond acceptors (Lipinski definition) is 5. The van der Waals surface area contributed by atoms with Crippen LogP contribution in [0.15, 0.2) is 71.2 Å². The van der Waals surface area contributed by atoms with E-state index in [1.165, 1.54) is 12.1 Å². The van der Waals surface area contributed by atoms with Crippen LogP contribution in [0.1, 0.15) is 53.0 Å². The van der Waals surface area contributed by atoms with E-state index in [1.807, 2.05) is 45.0 Å². The number of benzene rings is 3. The molecule has 2 N–H and O–H groups in total. The Morgan fingerprint density at radius 3 is 2.52 bits per heavy atom. The lowest BCUT2D eigenvalue weighted by Gasteiger charge is -2.40.